The second kappa shape index (κ2) is 5.44. The van der Waals surface area contributed by atoms with E-state index >= 15 is 0 Å². The Labute approximate surface area is 89.4 Å². The van der Waals surface area contributed by atoms with Crippen LogP contribution in [0.15, 0.2) is 0 Å². The summed E-state index contributed by atoms with van der Waals surface area (Å²) in [7, 11) is 1.73. The molecule has 1 rings (SSSR count). The second-order valence-electron chi connectivity index (χ2n) is 4.16. The number of nitrogens with one attached hydrogen (secondary N) is 1. The summed E-state index contributed by atoms with van der Waals surface area (Å²) >= 11 is 0. The highest BCUT2D eigenvalue weighted by Gasteiger charge is 2.41. The molecule has 0 saturated carbocycles. The van der Waals surface area contributed by atoms with E-state index in [2.05, 4.69) is 5.32 Å². The van der Waals surface area contributed by atoms with Crippen molar-refractivity contribution in [2.45, 2.75) is 25.4 Å². The van der Waals surface area contributed by atoms with Crippen LogP contribution >= 0.6 is 0 Å². The van der Waals surface area contributed by atoms with Crippen LogP contribution in [0, 0.1) is 5.41 Å². The molecule has 0 aromatic rings. The van der Waals surface area contributed by atoms with E-state index < -0.39 is 17.5 Å². The lowest BCUT2D eigenvalue weighted by atomic mass is 9.78. The Morgan fingerprint density at radius 1 is 1.67 bits per heavy atom. The number of hydrogen-bond donors (Lipinski definition) is 3. The lowest BCUT2D eigenvalue weighted by molar-refractivity contribution is -0.160. The van der Waals surface area contributed by atoms with Gasteiger partial charge in [-0.25, -0.2) is 0 Å². The van der Waals surface area contributed by atoms with E-state index in [0.29, 0.717) is 19.6 Å². The smallest absolute Gasteiger partial charge is 0.312 e. The van der Waals surface area contributed by atoms with E-state index in [-0.39, 0.29) is 13.0 Å². The topological polar surface area (TPSA) is 78.8 Å². The maximum atomic E-state index is 11.2. The number of rotatable bonds is 5. The minimum absolute atomic E-state index is 0.211. The van der Waals surface area contributed by atoms with Crippen LogP contribution in [0.4, 0.5) is 0 Å². The third-order valence-electron chi connectivity index (χ3n) is 2.84. The highest BCUT2D eigenvalue weighted by atomic mass is 16.5. The van der Waals surface area contributed by atoms with Crippen molar-refractivity contribution < 1.29 is 19.7 Å². The van der Waals surface area contributed by atoms with Crippen molar-refractivity contribution in [3.8, 4) is 0 Å². The van der Waals surface area contributed by atoms with Gasteiger partial charge in [0.05, 0.1) is 18.1 Å². The Hall–Kier alpha value is -0.650. The second-order valence-corrected chi connectivity index (χ2v) is 4.16. The molecule has 3 N–H and O–H groups in total. The Morgan fingerprint density at radius 3 is 2.87 bits per heavy atom. The van der Waals surface area contributed by atoms with Gasteiger partial charge in [-0.1, -0.05) is 0 Å². The molecule has 15 heavy (non-hydrogen) atoms. The van der Waals surface area contributed by atoms with Gasteiger partial charge in [0.15, 0.2) is 0 Å². The molecule has 1 aliphatic heterocycles. The van der Waals surface area contributed by atoms with Gasteiger partial charge in [0, 0.05) is 13.2 Å². The zero-order chi connectivity index (χ0) is 11.3. The van der Waals surface area contributed by atoms with E-state index in [9.17, 15) is 15.0 Å². The highest BCUT2D eigenvalue weighted by Crippen LogP contribution is 2.33. The summed E-state index contributed by atoms with van der Waals surface area (Å²) in [6.45, 7) is 1.25. The molecule has 2 atom stereocenters. The first-order valence-corrected chi connectivity index (χ1v) is 5.24. The molecular formula is C10H19NO4. The Morgan fingerprint density at radius 2 is 2.40 bits per heavy atom. The first kappa shape index (κ1) is 12.4. The molecule has 0 amide bonds. The third kappa shape index (κ3) is 3.15. The van der Waals surface area contributed by atoms with Gasteiger partial charge < -0.3 is 20.3 Å². The predicted molar refractivity (Wildman–Crippen MR) is 54.7 cm³/mol. The normalized spacial score (nSPS) is 28.7. The molecule has 1 fully saturated rings. The fraction of sp³-hybridized carbons (Fsp3) is 0.900. The van der Waals surface area contributed by atoms with Crippen molar-refractivity contribution >= 4 is 5.97 Å². The van der Waals surface area contributed by atoms with Crippen LogP contribution in [-0.4, -0.2) is 49.1 Å². The number of carboxylic acids is 1. The maximum absolute atomic E-state index is 11.2. The summed E-state index contributed by atoms with van der Waals surface area (Å²) in [5.41, 5.74) is -0.894. The number of likely N-dealkylation sites (N-methyl/N-ethyl adjacent to an activating group) is 1. The van der Waals surface area contributed by atoms with Crippen molar-refractivity contribution in [1.29, 1.82) is 0 Å². The molecular weight excluding hydrogens is 198 g/mol. The number of hydrogen-bond acceptors (Lipinski definition) is 4. The van der Waals surface area contributed by atoms with Gasteiger partial charge in [-0.15, -0.1) is 0 Å². The van der Waals surface area contributed by atoms with Gasteiger partial charge in [0.25, 0.3) is 0 Å². The number of aliphatic carboxylic acids is 1. The molecule has 0 spiro atoms. The van der Waals surface area contributed by atoms with Crippen LogP contribution in [0.2, 0.25) is 0 Å². The Bertz CT molecular complexity index is 213. The summed E-state index contributed by atoms with van der Waals surface area (Å²) in [5.74, 6) is -0.864. The quantitative estimate of drug-likeness (QED) is 0.596. The molecule has 0 aliphatic carbocycles. The average Bonchev–Trinajstić information content (AvgIpc) is 2.19. The average molecular weight is 217 g/mol. The van der Waals surface area contributed by atoms with Gasteiger partial charge in [-0.05, 0) is 26.3 Å². The third-order valence-corrected chi connectivity index (χ3v) is 2.84. The first-order chi connectivity index (χ1) is 7.10. The molecule has 0 aromatic heterocycles. The van der Waals surface area contributed by atoms with Crippen LogP contribution in [0.1, 0.15) is 19.3 Å². The zero-order valence-electron chi connectivity index (χ0n) is 9.03. The van der Waals surface area contributed by atoms with Gasteiger partial charge in [-0.3, -0.25) is 4.79 Å². The fourth-order valence-corrected chi connectivity index (χ4v) is 2.03. The van der Waals surface area contributed by atoms with Gasteiger partial charge >= 0.3 is 5.97 Å². The van der Waals surface area contributed by atoms with Crippen LogP contribution in [0.25, 0.3) is 0 Å². The highest BCUT2D eigenvalue weighted by molar-refractivity contribution is 5.75. The molecule has 0 aromatic carbocycles. The van der Waals surface area contributed by atoms with E-state index in [4.69, 9.17) is 4.74 Å². The summed E-state index contributed by atoms with van der Waals surface area (Å²) in [5, 5.41) is 21.7. The number of ether oxygens (including phenoxy) is 1. The van der Waals surface area contributed by atoms with E-state index in [0.717, 1.165) is 6.42 Å². The van der Waals surface area contributed by atoms with E-state index in [1.54, 1.807) is 7.05 Å². The van der Waals surface area contributed by atoms with E-state index in [1.807, 2.05) is 0 Å². The molecule has 0 bridgehead atoms. The minimum Gasteiger partial charge on any atom is -0.481 e. The summed E-state index contributed by atoms with van der Waals surface area (Å²) in [6, 6.07) is 0. The summed E-state index contributed by atoms with van der Waals surface area (Å²) in [6.07, 6.45) is 0.956. The predicted octanol–water partition coefficient (Wildman–Crippen LogP) is -0.162. The standard InChI is InChI=1S/C10H19NO4/c1-11-6-8(12)5-10(9(13)14)3-2-4-15-7-10/h8,11-12H,2-7H2,1H3,(H,13,14). The minimum atomic E-state index is -0.894. The lowest BCUT2D eigenvalue weighted by Crippen LogP contribution is -2.43. The van der Waals surface area contributed by atoms with E-state index in [1.165, 1.54) is 0 Å². The SMILES string of the molecule is CNCC(O)CC1(C(=O)O)CCCOC1. The van der Waals surface area contributed by atoms with Crippen LogP contribution in [0.3, 0.4) is 0 Å². The largest absolute Gasteiger partial charge is 0.481 e. The van der Waals surface area contributed by atoms with Gasteiger partial charge in [-0.2, -0.15) is 0 Å². The Balaban J connectivity index is 2.60. The monoisotopic (exact) mass is 217 g/mol. The van der Waals surface area contributed by atoms with Crippen LogP contribution < -0.4 is 5.32 Å². The molecule has 5 heteroatoms. The molecule has 1 saturated heterocycles. The van der Waals surface area contributed by atoms with Crippen LogP contribution in [-0.2, 0) is 9.53 Å². The summed E-state index contributed by atoms with van der Waals surface area (Å²) < 4.78 is 5.21. The fourth-order valence-electron chi connectivity index (χ4n) is 2.03. The molecule has 0 radical (unpaired) electrons. The number of aliphatic hydroxyl groups is 1. The van der Waals surface area contributed by atoms with Crippen molar-refractivity contribution in [3.05, 3.63) is 0 Å². The molecule has 1 aliphatic rings. The maximum Gasteiger partial charge on any atom is 0.312 e. The molecule has 1 heterocycles. The van der Waals surface area contributed by atoms with Gasteiger partial charge in [0.2, 0.25) is 0 Å². The summed E-state index contributed by atoms with van der Waals surface area (Å²) in [4.78, 5) is 11.2. The van der Waals surface area contributed by atoms with Crippen molar-refractivity contribution in [2.75, 3.05) is 26.8 Å². The number of carbonyl (C=O) groups is 1. The number of carboxylic acid groups (broad SMARTS) is 1. The number of aliphatic hydroxyl groups excluding tert-OH is 1. The van der Waals surface area contributed by atoms with Crippen molar-refractivity contribution in [2.24, 2.45) is 5.41 Å². The van der Waals surface area contributed by atoms with Crippen molar-refractivity contribution in [1.82, 2.24) is 5.32 Å². The van der Waals surface area contributed by atoms with Crippen LogP contribution in [0.5, 0.6) is 0 Å². The molecule has 2 unspecified atom stereocenters. The first-order valence-electron chi connectivity index (χ1n) is 5.24. The van der Waals surface area contributed by atoms with Crippen molar-refractivity contribution in [3.63, 3.8) is 0 Å². The van der Waals surface area contributed by atoms with Gasteiger partial charge in [0.1, 0.15) is 0 Å². The lowest BCUT2D eigenvalue weighted by Gasteiger charge is -2.34. The molecule has 5 nitrogen and oxygen atoms in total. The zero-order valence-corrected chi connectivity index (χ0v) is 9.03. The molecule has 88 valence electrons. The Kier molecular flexibility index (Phi) is 4.50.